The first-order valence-electron chi connectivity index (χ1n) is 9.28. The van der Waals surface area contributed by atoms with Crippen LogP contribution >= 0.6 is 0 Å². The molecule has 1 fully saturated rings. The molecule has 4 heterocycles. The zero-order valence-electron chi connectivity index (χ0n) is 15.9. The number of fused-ring (bicyclic) bond motifs is 1. The van der Waals surface area contributed by atoms with Gasteiger partial charge in [0, 0.05) is 31.7 Å². The van der Waals surface area contributed by atoms with E-state index in [2.05, 4.69) is 31.7 Å². The van der Waals surface area contributed by atoms with Crippen LogP contribution in [0.25, 0.3) is 0 Å². The predicted octanol–water partition coefficient (Wildman–Crippen LogP) is 2.36. The van der Waals surface area contributed by atoms with E-state index in [1.165, 1.54) is 6.07 Å². The average molecular weight is 373 g/mol. The monoisotopic (exact) mass is 373 g/mol. The van der Waals surface area contributed by atoms with Gasteiger partial charge >= 0.3 is 0 Å². The van der Waals surface area contributed by atoms with Crippen molar-refractivity contribution in [2.24, 2.45) is 0 Å². The van der Waals surface area contributed by atoms with Crippen LogP contribution in [0.3, 0.4) is 0 Å². The first-order chi connectivity index (χ1) is 13.0. The van der Waals surface area contributed by atoms with Crippen LogP contribution in [0.1, 0.15) is 31.4 Å². The lowest BCUT2D eigenvalue weighted by Gasteiger charge is -2.43. The van der Waals surface area contributed by atoms with E-state index in [0.29, 0.717) is 30.5 Å². The Bertz CT molecular complexity index is 816. The van der Waals surface area contributed by atoms with E-state index in [1.807, 2.05) is 26.2 Å². The maximum absolute atomic E-state index is 14.6. The second kappa shape index (κ2) is 7.26. The molecule has 0 aliphatic carbocycles. The summed E-state index contributed by atoms with van der Waals surface area (Å²) in [4.78, 5) is 17.5. The molecule has 4 rings (SSSR count). The molecule has 144 valence electrons. The molecule has 7 nitrogen and oxygen atoms in total. The molecule has 0 unspecified atom stereocenters. The Balaban J connectivity index is 1.50. The Morgan fingerprint density at radius 3 is 2.67 bits per heavy atom. The van der Waals surface area contributed by atoms with Crippen molar-refractivity contribution >= 4 is 5.69 Å². The number of ether oxygens (including phenoxy) is 2. The molecule has 0 saturated carbocycles. The van der Waals surface area contributed by atoms with Crippen LogP contribution in [0.15, 0.2) is 18.5 Å². The van der Waals surface area contributed by atoms with Gasteiger partial charge in [-0.3, -0.25) is 4.90 Å². The second-order valence-corrected chi connectivity index (χ2v) is 7.05. The van der Waals surface area contributed by atoms with E-state index in [1.54, 1.807) is 0 Å². The van der Waals surface area contributed by atoms with Gasteiger partial charge in [0.05, 0.1) is 29.8 Å². The molecule has 0 aromatic carbocycles. The number of hydrogen-bond donors (Lipinski definition) is 0. The third kappa shape index (κ3) is 3.53. The summed E-state index contributed by atoms with van der Waals surface area (Å²) in [7, 11) is 0. The van der Waals surface area contributed by atoms with E-state index in [0.717, 1.165) is 31.1 Å². The van der Waals surface area contributed by atoms with Gasteiger partial charge in [0.15, 0.2) is 5.75 Å². The largest absolute Gasteiger partial charge is 0.484 e. The number of halogens is 1. The predicted molar refractivity (Wildman–Crippen MR) is 98.8 cm³/mol. The van der Waals surface area contributed by atoms with Crippen molar-refractivity contribution in [3.05, 3.63) is 35.8 Å². The van der Waals surface area contributed by atoms with Crippen LogP contribution in [-0.2, 0) is 0 Å². The van der Waals surface area contributed by atoms with Crippen LogP contribution in [0.2, 0.25) is 0 Å². The number of anilines is 1. The highest BCUT2D eigenvalue weighted by molar-refractivity contribution is 5.43. The lowest BCUT2D eigenvalue weighted by molar-refractivity contribution is 0.128. The number of rotatable bonds is 3. The molecule has 27 heavy (non-hydrogen) atoms. The zero-order chi connectivity index (χ0) is 19.0. The minimum absolute atomic E-state index is 0.160. The van der Waals surface area contributed by atoms with Crippen molar-refractivity contribution in [2.75, 3.05) is 37.7 Å². The topological polar surface area (TPSA) is 63.6 Å². The molecule has 8 heteroatoms. The fraction of sp³-hybridized carbons (Fsp3) is 0.526. The molecule has 0 amide bonds. The van der Waals surface area contributed by atoms with Crippen molar-refractivity contribution in [3.8, 4) is 11.6 Å². The van der Waals surface area contributed by atoms with Crippen molar-refractivity contribution in [1.82, 2.24) is 19.9 Å². The SMILES string of the molecule is Cc1ncc(N2CCN([C@@H](C)c3nc4c(cc3F)OCCO4)[C@H](C)C2)cn1. The van der Waals surface area contributed by atoms with Crippen molar-refractivity contribution in [3.63, 3.8) is 0 Å². The second-order valence-electron chi connectivity index (χ2n) is 7.05. The Kier molecular flexibility index (Phi) is 4.82. The summed E-state index contributed by atoms with van der Waals surface area (Å²) in [6.45, 7) is 9.32. The van der Waals surface area contributed by atoms with Gasteiger partial charge in [-0.15, -0.1) is 0 Å². The van der Waals surface area contributed by atoms with E-state index < -0.39 is 0 Å². The van der Waals surface area contributed by atoms with E-state index in [4.69, 9.17) is 9.47 Å². The van der Waals surface area contributed by atoms with Gasteiger partial charge in [0.25, 0.3) is 5.88 Å². The van der Waals surface area contributed by atoms with Gasteiger partial charge in [0.1, 0.15) is 24.9 Å². The molecule has 2 aromatic heterocycles. The summed E-state index contributed by atoms with van der Waals surface area (Å²) in [6.07, 6.45) is 3.71. The average Bonchev–Trinajstić information content (AvgIpc) is 2.67. The van der Waals surface area contributed by atoms with Crippen LogP contribution in [0, 0.1) is 12.7 Å². The van der Waals surface area contributed by atoms with Gasteiger partial charge < -0.3 is 14.4 Å². The molecule has 0 bridgehead atoms. The number of aryl methyl sites for hydroxylation is 1. The smallest absolute Gasteiger partial charge is 0.257 e. The van der Waals surface area contributed by atoms with Crippen molar-refractivity contribution in [1.29, 1.82) is 0 Å². The summed E-state index contributed by atoms with van der Waals surface area (Å²) >= 11 is 0. The quantitative estimate of drug-likeness (QED) is 0.818. The number of aromatic nitrogens is 3. The van der Waals surface area contributed by atoms with Crippen molar-refractivity contribution in [2.45, 2.75) is 32.9 Å². The van der Waals surface area contributed by atoms with E-state index in [9.17, 15) is 4.39 Å². The molecule has 2 aromatic rings. The number of hydrogen-bond acceptors (Lipinski definition) is 7. The van der Waals surface area contributed by atoms with E-state index in [-0.39, 0.29) is 17.9 Å². The first kappa shape index (κ1) is 17.9. The summed E-state index contributed by atoms with van der Waals surface area (Å²) in [5.74, 6) is 1.17. The maximum atomic E-state index is 14.6. The minimum Gasteiger partial charge on any atom is -0.484 e. The molecule has 1 saturated heterocycles. The summed E-state index contributed by atoms with van der Waals surface area (Å²) < 4.78 is 25.6. The molecule has 0 spiro atoms. The Labute approximate surface area is 158 Å². The Hall–Kier alpha value is -2.48. The van der Waals surface area contributed by atoms with Crippen molar-refractivity contribution < 1.29 is 13.9 Å². The van der Waals surface area contributed by atoms with Gasteiger partial charge in [-0.05, 0) is 20.8 Å². The lowest BCUT2D eigenvalue weighted by atomic mass is 10.1. The van der Waals surface area contributed by atoms with Crippen LogP contribution in [-0.4, -0.2) is 58.7 Å². The number of nitrogens with zero attached hydrogens (tertiary/aromatic N) is 5. The molecule has 0 N–H and O–H groups in total. The summed E-state index contributed by atoms with van der Waals surface area (Å²) in [6, 6.07) is 1.45. The molecule has 0 radical (unpaired) electrons. The first-order valence-corrected chi connectivity index (χ1v) is 9.28. The molecule has 2 aliphatic rings. The van der Waals surface area contributed by atoms with Gasteiger partial charge in [0.2, 0.25) is 0 Å². The lowest BCUT2D eigenvalue weighted by Crippen LogP contribution is -2.52. The Morgan fingerprint density at radius 2 is 1.93 bits per heavy atom. The van der Waals surface area contributed by atoms with Crippen LogP contribution in [0.4, 0.5) is 10.1 Å². The number of pyridine rings is 1. The maximum Gasteiger partial charge on any atom is 0.257 e. The van der Waals surface area contributed by atoms with Crippen LogP contribution < -0.4 is 14.4 Å². The van der Waals surface area contributed by atoms with Gasteiger partial charge in [-0.2, -0.15) is 0 Å². The molecular formula is C19H24FN5O2. The molecule has 2 aliphatic heterocycles. The van der Waals surface area contributed by atoms with Gasteiger partial charge in [-0.1, -0.05) is 0 Å². The van der Waals surface area contributed by atoms with Gasteiger partial charge in [-0.25, -0.2) is 19.3 Å². The highest BCUT2D eigenvalue weighted by Crippen LogP contribution is 2.34. The molecular weight excluding hydrogens is 349 g/mol. The zero-order valence-corrected chi connectivity index (χ0v) is 15.9. The Morgan fingerprint density at radius 1 is 1.19 bits per heavy atom. The molecule has 2 atom stereocenters. The third-order valence-corrected chi connectivity index (χ3v) is 5.22. The fourth-order valence-electron chi connectivity index (χ4n) is 3.75. The standard InChI is InChI=1S/C19H24FN5O2/c1-12-11-24(15-9-21-14(3)22-10-15)4-5-25(12)13(2)18-16(20)8-17-19(23-18)27-7-6-26-17/h8-10,12-13H,4-7,11H2,1-3H3/t12-,13+/m1/s1. The number of piperazine rings is 1. The normalized spacial score (nSPS) is 21.2. The highest BCUT2D eigenvalue weighted by atomic mass is 19.1. The van der Waals surface area contributed by atoms with Crippen LogP contribution in [0.5, 0.6) is 11.6 Å². The summed E-state index contributed by atoms with van der Waals surface area (Å²) in [5.41, 5.74) is 1.42. The van der Waals surface area contributed by atoms with E-state index >= 15 is 0 Å². The minimum atomic E-state index is -0.353. The highest BCUT2D eigenvalue weighted by Gasteiger charge is 2.31. The third-order valence-electron chi connectivity index (χ3n) is 5.22. The fourth-order valence-corrected chi connectivity index (χ4v) is 3.75. The summed E-state index contributed by atoms with van der Waals surface area (Å²) in [5, 5.41) is 0.